The monoisotopic (exact) mass is 290 g/mol. The molecule has 19 heavy (non-hydrogen) atoms. The van der Waals surface area contributed by atoms with Crippen molar-refractivity contribution in [3.05, 3.63) is 5.01 Å². The van der Waals surface area contributed by atoms with Crippen molar-refractivity contribution in [2.45, 2.75) is 44.6 Å². The van der Waals surface area contributed by atoms with Gasteiger partial charge in [0.15, 0.2) is 5.01 Å². The molecule has 2 atom stereocenters. The highest BCUT2D eigenvalue weighted by Gasteiger charge is 2.38. The van der Waals surface area contributed by atoms with Gasteiger partial charge in [0.25, 0.3) is 6.43 Å². The molecule has 0 aliphatic heterocycles. The maximum Gasteiger partial charge on any atom is 0.291 e. The molecule has 2 unspecified atom stereocenters. The molecular formula is C11H16F2N4OS. The Kier molecular flexibility index (Phi) is 4.10. The molecule has 0 aromatic carbocycles. The van der Waals surface area contributed by atoms with Crippen LogP contribution in [0, 0.1) is 5.92 Å². The predicted octanol–water partition coefficient (Wildman–Crippen LogP) is 2.32. The van der Waals surface area contributed by atoms with Crippen molar-refractivity contribution in [2.24, 2.45) is 11.7 Å². The molecule has 0 spiro atoms. The highest BCUT2D eigenvalue weighted by Crippen LogP contribution is 2.33. The topological polar surface area (TPSA) is 80.9 Å². The van der Waals surface area contributed by atoms with Gasteiger partial charge in [-0.1, -0.05) is 24.2 Å². The van der Waals surface area contributed by atoms with Gasteiger partial charge in [0.05, 0.1) is 5.92 Å². The van der Waals surface area contributed by atoms with Crippen LogP contribution in [0.3, 0.4) is 0 Å². The number of nitrogens with zero attached hydrogens (tertiary/aromatic N) is 2. The number of anilines is 1. The lowest BCUT2D eigenvalue weighted by molar-refractivity contribution is -0.122. The van der Waals surface area contributed by atoms with E-state index in [1.54, 1.807) is 0 Å². The third-order valence-electron chi connectivity index (χ3n) is 3.43. The Balaban J connectivity index is 2.03. The standard InChI is InChI=1S/C11H16F2N4OS/c1-11(14)5-3-2-4-6(11)8(18)15-10-17-16-9(19-10)7(12)13/h6-7H,2-5,14H2,1H3,(H,15,17,18). The molecule has 5 nitrogen and oxygen atoms in total. The zero-order valence-electron chi connectivity index (χ0n) is 10.5. The van der Waals surface area contributed by atoms with Gasteiger partial charge < -0.3 is 11.1 Å². The summed E-state index contributed by atoms with van der Waals surface area (Å²) in [5.74, 6) is -0.582. The Labute approximate surface area is 113 Å². The largest absolute Gasteiger partial charge is 0.325 e. The number of alkyl halides is 2. The number of halogens is 2. The summed E-state index contributed by atoms with van der Waals surface area (Å²) in [6.07, 6.45) is 0.773. The fourth-order valence-corrected chi connectivity index (χ4v) is 2.96. The Hall–Kier alpha value is -1.15. The second kappa shape index (κ2) is 5.46. The number of amides is 1. The van der Waals surface area contributed by atoms with Crippen LogP contribution in [-0.4, -0.2) is 21.6 Å². The minimum atomic E-state index is -2.67. The van der Waals surface area contributed by atoms with E-state index in [9.17, 15) is 13.6 Å². The van der Waals surface area contributed by atoms with E-state index in [0.29, 0.717) is 17.8 Å². The average molecular weight is 290 g/mol. The summed E-state index contributed by atoms with van der Waals surface area (Å²) >= 11 is 0.688. The molecule has 0 bridgehead atoms. The minimum absolute atomic E-state index is 0.0988. The SMILES string of the molecule is CC1(N)CCCCC1C(=O)Nc1nnc(C(F)F)s1. The first-order valence-corrected chi connectivity index (χ1v) is 6.93. The Morgan fingerprint density at radius 2 is 2.26 bits per heavy atom. The molecule has 1 amide bonds. The molecular weight excluding hydrogens is 274 g/mol. The van der Waals surface area contributed by atoms with E-state index in [1.165, 1.54) is 0 Å². The van der Waals surface area contributed by atoms with E-state index in [4.69, 9.17) is 5.73 Å². The number of nitrogens with one attached hydrogen (secondary N) is 1. The van der Waals surface area contributed by atoms with Gasteiger partial charge in [0.2, 0.25) is 11.0 Å². The fraction of sp³-hybridized carbons (Fsp3) is 0.727. The molecule has 1 saturated carbocycles. The van der Waals surface area contributed by atoms with E-state index in [-0.39, 0.29) is 17.0 Å². The van der Waals surface area contributed by atoms with Gasteiger partial charge in [0, 0.05) is 5.54 Å². The molecule has 1 aliphatic rings. The number of carbonyl (C=O) groups is 1. The molecule has 2 rings (SSSR count). The van der Waals surface area contributed by atoms with Crippen LogP contribution in [0.1, 0.15) is 44.0 Å². The summed E-state index contributed by atoms with van der Waals surface area (Å²) in [7, 11) is 0. The molecule has 1 heterocycles. The molecule has 106 valence electrons. The quantitative estimate of drug-likeness (QED) is 0.895. The average Bonchev–Trinajstić information content (AvgIpc) is 2.76. The number of carbonyl (C=O) groups excluding carboxylic acids is 1. The van der Waals surface area contributed by atoms with Crippen LogP contribution in [0.25, 0.3) is 0 Å². The second-order valence-corrected chi connectivity index (χ2v) is 6.05. The number of aromatic nitrogens is 2. The zero-order chi connectivity index (χ0) is 14.0. The van der Waals surface area contributed by atoms with Gasteiger partial charge in [0.1, 0.15) is 0 Å². The maximum absolute atomic E-state index is 12.4. The van der Waals surface area contributed by atoms with Crippen molar-refractivity contribution < 1.29 is 13.6 Å². The van der Waals surface area contributed by atoms with Crippen LogP contribution in [-0.2, 0) is 4.79 Å². The molecule has 0 radical (unpaired) electrons. The number of rotatable bonds is 3. The van der Waals surface area contributed by atoms with E-state index < -0.39 is 17.0 Å². The van der Waals surface area contributed by atoms with Crippen molar-refractivity contribution in [1.82, 2.24) is 10.2 Å². The Bertz CT molecular complexity index is 463. The van der Waals surface area contributed by atoms with Crippen LogP contribution in [0.4, 0.5) is 13.9 Å². The fourth-order valence-electron chi connectivity index (χ4n) is 2.35. The van der Waals surface area contributed by atoms with Crippen LogP contribution in [0.5, 0.6) is 0 Å². The summed E-state index contributed by atoms with van der Waals surface area (Å²) in [5.41, 5.74) is 5.56. The summed E-state index contributed by atoms with van der Waals surface area (Å²) in [6, 6.07) is 0. The summed E-state index contributed by atoms with van der Waals surface area (Å²) in [5, 5.41) is 9.10. The van der Waals surface area contributed by atoms with Gasteiger partial charge >= 0.3 is 0 Å². The van der Waals surface area contributed by atoms with Crippen LogP contribution >= 0.6 is 11.3 Å². The lowest BCUT2D eigenvalue weighted by atomic mass is 9.74. The highest BCUT2D eigenvalue weighted by molar-refractivity contribution is 7.15. The first-order chi connectivity index (χ1) is 8.90. The van der Waals surface area contributed by atoms with Crippen molar-refractivity contribution in [3.63, 3.8) is 0 Å². The lowest BCUT2D eigenvalue weighted by Crippen LogP contribution is -2.51. The van der Waals surface area contributed by atoms with Crippen molar-refractivity contribution in [3.8, 4) is 0 Å². The molecule has 1 aromatic heterocycles. The summed E-state index contributed by atoms with van der Waals surface area (Å²) in [6.45, 7) is 1.85. The van der Waals surface area contributed by atoms with Gasteiger partial charge in [-0.2, -0.15) is 0 Å². The minimum Gasteiger partial charge on any atom is -0.325 e. The predicted molar refractivity (Wildman–Crippen MR) is 68.0 cm³/mol. The molecule has 1 fully saturated rings. The first kappa shape index (κ1) is 14.3. The molecule has 8 heteroatoms. The molecule has 1 aromatic rings. The van der Waals surface area contributed by atoms with Gasteiger partial charge in [-0.15, -0.1) is 10.2 Å². The second-order valence-electron chi connectivity index (χ2n) is 5.04. The third kappa shape index (κ3) is 3.24. The van der Waals surface area contributed by atoms with E-state index in [1.807, 2.05) is 6.92 Å². The third-order valence-corrected chi connectivity index (χ3v) is 4.27. The maximum atomic E-state index is 12.4. The van der Waals surface area contributed by atoms with Gasteiger partial charge in [-0.05, 0) is 19.8 Å². The Morgan fingerprint density at radius 3 is 2.84 bits per heavy atom. The van der Waals surface area contributed by atoms with Crippen LogP contribution in [0.15, 0.2) is 0 Å². The first-order valence-electron chi connectivity index (χ1n) is 6.11. The lowest BCUT2D eigenvalue weighted by Gasteiger charge is -2.36. The molecule has 0 saturated heterocycles. The van der Waals surface area contributed by atoms with Crippen molar-refractivity contribution >= 4 is 22.4 Å². The van der Waals surface area contributed by atoms with E-state index in [2.05, 4.69) is 15.5 Å². The number of nitrogens with two attached hydrogens (primary N) is 1. The molecule has 3 N–H and O–H groups in total. The van der Waals surface area contributed by atoms with E-state index in [0.717, 1.165) is 19.3 Å². The van der Waals surface area contributed by atoms with Crippen molar-refractivity contribution in [1.29, 1.82) is 0 Å². The highest BCUT2D eigenvalue weighted by atomic mass is 32.1. The Morgan fingerprint density at radius 1 is 1.53 bits per heavy atom. The summed E-state index contributed by atoms with van der Waals surface area (Å²) < 4.78 is 24.7. The molecule has 1 aliphatic carbocycles. The zero-order valence-corrected chi connectivity index (χ0v) is 11.3. The number of hydrogen-bond acceptors (Lipinski definition) is 5. The van der Waals surface area contributed by atoms with Crippen molar-refractivity contribution in [2.75, 3.05) is 5.32 Å². The number of hydrogen-bond donors (Lipinski definition) is 2. The van der Waals surface area contributed by atoms with Gasteiger partial charge in [-0.25, -0.2) is 8.78 Å². The van der Waals surface area contributed by atoms with E-state index >= 15 is 0 Å². The smallest absolute Gasteiger partial charge is 0.291 e. The normalized spacial score (nSPS) is 27.5. The summed E-state index contributed by atoms with van der Waals surface area (Å²) in [4.78, 5) is 12.1. The van der Waals surface area contributed by atoms with Gasteiger partial charge in [-0.3, -0.25) is 4.79 Å². The van der Waals surface area contributed by atoms with Crippen LogP contribution < -0.4 is 11.1 Å². The van der Waals surface area contributed by atoms with Crippen LogP contribution in [0.2, 0.25) is 0 Å².